The quantitative estimate of drug-likeness (QED) is 0.922. The highest BCUT2D eigenvalue weighted by Gasteiger charge is 2.22. The Morgan fingerprint density at radius 3 is 2.52 bits per heavy atom. The Balaban J connectivity index is 2.05. The fourth-order valence-corrected chi connectivity index (χ4v) is 2.96. The molecule has 4 nitrogen and oxygen atoms in total. The molecule has 0 saturated carbocycles. The summed E-state index contributed by atoms with van der Waals surface area (Å²) in [6.45, 7) is 11.2. The van der Waals surface area contributed by atoms with Gasteiger partial charge in [-0.15, -0.1) is 0 Å². The van der Waals surface area contributed by atoms with E-state index < -0.39 is 0 Å². The van der Waals surface area contributed by atoms with Crippen LogP contribution in [-0.4, -0.2) is 37.2 Å². The van der Waals surface area contributed by atoms with Crippen LogP contribution in [0.25, 0.3) is 0 Å². The average Bonchev–Trinajstić information content (AvgIpc) is 2.92. The smallest absolute Gasteiger partial charge is 0.321 e. The third-order valence-corrected chi connectivity index (χ3v) is 4.08. The monoisotopic (exact) mass is 290 g/mol. The van der Waals surface area contributed by atoms with E-state index in [1.54, 1.807) is 0 Å². The second kappa shape index (κ2) is 6.94. The van der Waals surface area contributed by atoms with Gasteiger partial charge < -0.3 is 15.0 Å². The number of hydrogen-bond donors (Lipinski definition) is 1. The lowest BCUT2D eigenvalue weighted by Crippen LogP contribution is -2.38. The van der Waals surface area contributed by atoms with Crippen LogP contribution in [-0.2, 0) is 4.74 Å². The maximum absolute atomic E-state index is 12.5. The van der Waals surface area contributed by atoms with E-state index in [0.717, 1.165) is 43.0 Å². The molecular weight excluding hydrogens is 264 g/mol. The molecule has 0 bridgehead atoms. The minimum Gasteiger partial charge on any atom is -0.381 e. The number of ether oxygens (including phenoxy) is 1. The summed E-state index contributed by atoms with van der Waals surface area (Å²) in [6, 6.07) is 4.19. The molecule has 1 aromatic rings. The largest absolute Gasteiger partial charge is 0.381 e. The van der Waals surface area contributed by atoms with Gasteiger partial charge in [-0.2, -0.15) is 0 Å². The summed E-state index contributed by atoms with van der Waals surface area (Å²) in [4.78, 5) is 14.4. The summed E-state index contributed by atoms with van der Waals surface area (Å²) in [5.41, 5.74) is 4.38. The van der Waals surface area contributed by atoms with Gasteiger partial charge in [0.25, 0.3) is 0 Å². The van der Waals surface area contributed by atoms with Gasteiger partial charge in [0.2, 0.25) is 0 Å². The van der Waals surface area contributed by atoms with E-state index in [2.05, 4.69) is 24.4 Å². The van der Waals surface area contributed by atoms with E-state index in [4.69, 9.17) is 4.74 Å². The Kier molecular flexibility index (Phi) is 5.23. The van der Waals surface area contributed by atoms with Crippen molar-refractivity contribution in [3.05, 3.63) is 28.8 Å². The third kappa shape index (κ3) is 3.97. The van der Waals surface area contributed by atoms with Gasteiger partial charge in [-0.1, -0.05) is 17.7 Å². The van der Waals surface area contributed by atoms with E-state index in [1.807, 2.05) is 25.7 Å². The maximum Gasteiger partial charge on any atom is 0.321 e. The number of amides is 2. The molecule has 0 aliphatic carbocycles. The fourth-order valence-electron chi connectivity index (χ4n) is 2.96. The number of hydrogen-bond acceptors (Lipinski definition) is 2. The first-order chi connectivity index (χ1) is 10.0. The van der Waals surface area contributed by atoms with Crippen LogP contribution in [0.2, 0.25) is 0 Å². The van der Waals surface area contributed by atoms with Crippen LogP contribution in [0.5, 0.6) is 0 Å². The van der Waals surface area contributed by atoms with Crippen molar-refractivity contribution in [2.24, 2.45) is 5.92 Å². The van der Waals surface area contributed by atoms with E-state index in [1.165, 1.54) is 5.56 Å². The number of nitrogens with one attached hydrogen (secondary N) is 1. The van der Waals surface area contributed by atoms with Gasteiger partial charge in [0, 0.05) is 31.3 Å². The number of urea groups is 1. The van der Waals surface area contributed by atoms with Gasteiger partial charge in [0.1, 0.15) is 0 Å². The molecule has 0 spiro atoms. The van der Waals surface area contributed by atoms with E-state index in [-0.39, 0.29) is 6.03 Å². The minimum atomic E-state index is -0.0144. The molecule has 116 valence electrons. The zero-order valence-corrected chi connectivity index (χ0v) is 13.5. The average molecular weight is 290 g/mol. The SMILES string of the molecule is CCN(CC1CCOC1)C(=O)Nc1c(C)cc(C)cc1C. The fraction of sp³-hybridized carbons (Fsp3) is 0.588. The molecule has 0 radical (unpaired) electrons. The summed E-state index contributed by atoms with van der Waals surface area (Å²) in [6.07, 6.45) is 1.05. The van der Waals surface area contributed by atoms with Gasteiger partial charge >= 0.3 is 6.03 Å². The van der Waals surface area contributed by atoms with Crippen LogP contribution >= 0.6 is 0 Å². The Labute approximate surface area is 127 Å². The molecule has 4 heteroatoms. The van der Waals surface area contributed by atoms with Gasteiger partial charge in [-0.3, -0.25) is 0 Å². The molecule has 1 aromatic carbocycles. The maximum atomic E-state index is 12.5. The molecule has 1 fully saturated rings. The van der Waals surface area contributed by atoms with Crippen LogP contribution in [0.1, 0.15) is 30.0 Å². The number of nitrogens with zero attached hydrogens (tertiary/aromatic N) is 1. The first-order valence-electron chi connectivity index (χ1n) is 7.72. The normalized spacial score (nSPS) is 17.8. The number of carbonyl (C=O) groups excluding carboxylic acids is 1. The number of aryl methyl sites for hydroxylation is 3. The van der Waals surface area contributed by atoms with Crippen molar-refractivity contribution in [1.82, 2.24) is 4.90 Å². The lowest BCUT2D eigenvalue weighted by Gasteiger charge is -2.25. The van der Waals surface area contributed by atoms with Crippen LogP contribution in [0.15, 0.2) is 12.1 Å². The Hall–Kier alpha value is -1.55. The first-order valence-corrected chi connectivity index (χ1v) is 7.72. The van der Waals surface area contributed by atoms with Gasteiger partial charge in [0.15, 0.2) is 0 Å². The van der Waals surface area contributed by atoms with Crippen molar-refractivity contribution in [2.75, 3.05) is 31.6 Å². The highest BCUT2D eigenvalue weighted by atomic mass is 16.5. The van der Waals surface area contributed by atoms with Crippen molar-refractivity contribution in [3.8, 4) is 0 Å². The van der Waals surface area contributed by atoms with Crippen LogP contribution in [0, 0.1) is 26.7 Å². The van der Waals surface area contributed by atoms with Crippen LogP contribution in [0.4, 0.5) is 10.5 Å². The van der Waals surface area contributed by atoms with E-state index in [9.17, 15) is 4.79 Å². The molecule has 1 heterocycles. The Bertz CT molecular complexity index is 485. The lowest BCUT2D eigenvalue weighted by molar-refractivity contribution is 0.171. The van der Waals surface area contributed by atoms with E-state index >= 15 is 0 Å². The van der Waals surface area contributed by atoms with Gasteiger partial charge in [-0.05, 0) is 45.2 Å². The van der Waals surface area contributed by atoms with Crippen molar-refractivity contribution in [2.45, 2.75) is 34.1 Å². The molecule has 2 rings (SSSR count). The molecule has 2 amide bonds. The molecule has 0 aromatic heterocycles. The molecule has 1 aliphatic rings. The molecule has 1 aliphatic heterocycles. The topological polar surface area (TPSA) is 41.6 Å². The molecule has 1 atom stereocenters. The van der Waals surface area contributed by atoms with Crippen molar-refractivity contribution in [3.63, 3.8) is 0 Å². The Morgan fingerprint density at radius 2 is 2.00 bits per heavy atom. The number of anilines is 1. The second-order valence-electron chi connectivity index (χ2n) is 5.97. The number of rotatable bonds is 4. The number of benzene rings is 1. The van der Waals surface area contributed by atoms with Gasteiger partial charge in [-0.25, -0.2) is 4.79 Å². The second-order valence-corrected chi connectivity index (χ2v) is 5.97. The Morgan fingerprint density at radius 1 is 1.33 bits per heavy atom. The third-order valence-electron chi connectivity index (χ3n) is 4.08. The molecule has 1 saturated heterocycles. The highest BCUT2D eigenvalue weighted by Crippen LogP contribution is 2.22. The molecule has 1 N–H and O–H groups in total. The predicted octanol–water partition coefficient (Wildman–Crippen LogP) is 3.50. The highest BCUT2D eigenvalue weighted by molar-refractivity contribution is 5.91. The lowest BCUT2D eigenvalue weighted by atomic mass is 10.1. The van der Waals surface area contributed by atoms with Crippen LogP contribution in [0.3, 0.4) is 0 Å². The zero-order valence-electron chi connectivity index (χ0n) is 13.5. The predicted molar refractivity (Wildman–Crippen MR) is 85.8 cm³/mol. The minimum absolute atomic E-state index is 0.0144. The van der Waals surface area contributed by atoms with Gasteiger partial charge in [0.05, 0.1) is 6.61 Å². The standard InChI is InChI=1S/C17H26N2O2/c1-5-19(10-15-6-7-21-11-15)17(20)18-16-13(3)8-12(2)9-14(16)4/h8-9,15H,5-7,10-11H2,1-4H3,(H,18,20). The van der Waals surface area contributed by atoms with Crippen LogP contribution < -0.4 is 5.32 Å². The summed E-state index contributed by atoms with van der Waals surface area (Å²) in [5.74, 6) is 0.468. The van der Waals surface area contributed by atoms with Crippen molar-refractivity contribution >= 4 is 11.7 Å². The van der Waals surface area contributed by atoms with Crippen molar-refractivity contribution < 1.29 is 9.53 Å². The summed E-state index contributed by atoms with van der Waals surface area (Å²) < 4.78 is 5.39. The summed E-state index contributed by atoms with van der Waals surface area (Å²) in [5, 5.41) is 3.08. The van der Waals surface area contributed by atoms with Crippen molar-refractivity contribution in [1.29, 1.82) is 0 Å². The first kappa shape index (κ1) is 15.8. The molecule has 1 unspecified atom stereocenters. The molecule has 21 heavy (non-hydrogen) atoms. The zero-order chi connectivity index (χ0) is 15.4. The van der Waals surface area contributed by atoms with E-state index in [0.29, 0.717) is 12.5 Å². The molecular formula is C17H26N2O2. The number of carbonyl (C=O) groups is 1. The summed E-state index contributed by atoms with van der Waals surface area (Å²) in [7, 11) is 0. The summed E-state index contributed by atoms with van der Waals surface area (Å²) >= 11 is 0.